The molecule has 0 spiro atoms. The van der Waals surface area contributed by atoms with Crippen LogP contribution in [0.2, 0.25) is 0 Å². The molecule has 0 heterocycles. The molecule has 2 nitrogen and oxygen atoms in total. The summed E-state index contributed by atoms with van der Waals surface area (Å²) in [6.07, 6.45) is 6.55. The van der Waals surface area contributed by atoms with Gasteiger partial charge in [0.25, 0.3) is 0 Å². The van der Waals surface area contributed by atoms with Gasteiger partial charge in [0, 0.05) is 0 Å². The van der Waals surface area contributed by atoms with Gasteiger partial charge in [-0.1, -0.05) is 20.8 Å². The molecule has 0 bridgehead atoms. The van der Waals surface area contributed by atoms with Crippen LogP contribution in [0, 0.1) is 0 Å². The summed E-state index contributed by atoms with van der Waals surface area (Å²) in [7, 11) is 2.24. The Labute approximate surface area is 103 Å². The summed E-state index contributed by atoms with van der Waals surface area (Å²) in [6.45, 7) is 13.2. The number of rotatable bonds is 11. The van der Waals surface area contributed by atoms with Gasteiger partial charge in [0.1, 0.15) is 0 Å². The van der Waals surface area contributed by atoms with Gasteiger partial charge in [0.15, 0.2) is 0 Å². The molecule has 2 heteroatoms. The molecular formula is C14H32N2. The number of hydrogen-bond donors (Lipinski definition) is 0. The molecule has 0 aliphatic heterocycles. The van der Waals surface area contributed by atoms with E-state index < -0.39 is 0 Å². The maximum absolute atomic E-state index is 2.61. The predicted octanol–water partition coefficient (Wildman–Crippen LogP) is 3.23. The molecule has 16 heavy (non-hydrogen) atoms. The van der Waals surface area contributed by atoms with Gasteiger partial charge in [0.2, 0.25) is 0 Å². The van der Waals surface area contributed by atoms with Crippen molar-refractivity contribution >= 4 is 0 Å². The molecule has 0 aromatic rings. The van der Waals surface area contributed by atoms with E-state index >= 15 is 0 Å². The Morgan fingerprint density at radius 2 is 1.12 bits per heavy atom. The first-order valence-electron chi connectivity index (χ1n) is 7.15. The van der Waals surface area contributed by atoms with E-state index in [0.29, 0.717) is 0 Å². The summed E-state index contributed by atoms with van der Waals surface area (Å²) < 4.78 is 0. The van der Waals surface area contributed by atoms with Crippen LogP contribution in [0.1, 0.15) is 52.9 Å². The number of nitrogens with zero attached hydrogens (tertiary/aromatic N) is 2. The van der Waals surface area contributed by atoms with Crippen molar-refractivity contribution in [2.45, 2.75) is 52.9 Å². The van der Waals surface area contributed by atoms with Crippen molar-refractivity contribution in [1.29, 1.82) is 0 Å². The first kappa shape index (κ1) is 15.9. The molecule has 0 fully saturated rings. The standard InChI is InChI=1S/C14H32N2/c1-5-10-15(4)13-8-9-14-16(11-6-2)12-7-3/h5-14H2,1-4H3. The SMILES string of the molecule is CCCN(C)CCCCN(CCC)CCC. The minimum atomic E-state index is 1.24. The molecule has 0 atom stereocenters. The molecule has 0 radical (unpaired) electrons. The van der Waals surface area contributed by atoms with Crippen LogP contribution in [-0.2, 0) is 0 Å². The number of unbranched alkanes of at least 4 members (excludes halogenated alkanes) is 1. The Bertz CT molecular complexity index is 131. The van der Waals surface area contributed by atoms with Crippen molar-refractivity contribution in [3.63, 3.8) is 0 Å². The van der Waals surface area contributed by atoms with Crippen molar-refractivity contribution in [2.75, 3.05) is 39.8 Å². The quantitative estimate of drug-likeness (QED) is 0.501. The van der Waals surface area contributed by atoms with Crippen molar-refractivity contribution in [2.24, 2.45) is 0 Å². The molecule has 0 saturated heterocycles. The third-order valence-corrected chi connectivity index (χ3v) is 2.95. The van der Waals surface area contributed by atoms with Crippen LogP contribution in [0.5, 0.6) is 0 Å². The molecular weight excluding hydrogens is 196 g/mol. The van der Waals surface area contributed by atoms with E-state index in [1.54, 1.807) is 0 Å². The summed E-state index contributed by atoms with van der Waals surface area (Å²) in [5.74, 6) is 0. The van der Waals surface area contributed by atoms with Crippen molar-refractivity contribution in [3.8, 4) is 0 Å². The molecule has 0 rings (SSSR count). The van der Waals surface area contributed by atoms with Gasteiger partial charge in [-0.05, 0) is 71.9 Å². The van der Waals surface area contributed by atoms with Crippen LogP contribution in [0.3, 0.4) is 0 Å². The summed E-state index contributed by atoms with van der Waals surface area (Å²) >= 11 is 0. The lowest BCUT2D eigenvalue weighted by Crippen LogP contribution is -2.27. The monoisotopic (exact) mass is 228 g/mol. The molecule has 0 aromatic carbocycles. The van der Waals surface area contributed by atoms with Gasteiger partial charge >= 0.3 is 0 Å². The Balaban J connectivity index is 3.45. The normalized spacial score (nSPS) is 11.6. The lowest BCUT2D eigenvalue weighted by molar-refractivity contribution is 0.257. The molecule has 0 aromatic heterocycles. The second-order valence-corrected chi connectivity index (χ2v) is 4.85. The highest BCUT2D eigenvalue weighted by Crippen LogP contribution is 2.00. The smallest absolute Gasteiger partial charge is 0.00183 e. The second-order valence-electron chi connectivity index (χ2n) is 4.85. The van der Waals surface area contributed by atoms with E-state index in [1.807, 2.05) is 0 Å². The fourth-order valence-corrected chi connectivity index (χ4v) is 2.18. The first-order valence-corrected chi connectivity index (χ1v) is 7.15. The average molecular weight is 228 g/mol. The average Bonchev–Trinajstić information content (AvgIpc) is 2.25. The molecule has 0 N–H and O–H groups in total. The summed E-state index contributed by atoms with van der Waals surface area (Å²) in [4.78, 5) is 5.06. The summed E-state index contributed by atoms with van der Waals surface area (Å²) in [6, 6.07) is 0. The van der Waals surface area contributed by atoms with E-state index in [9.17, 15) is 0 Å². The minimum Gasteiger partial charge on any atom is -0.306 e. The zero-order chi connectivity index (χ0) is 12.2. The van der Waals surface area contributed by atoms with Crippen molar-refractivity contribution < 1.29 is 0 Å². The first-order chi connectivity index (χ1) is 7.74. The van der Waals surface area contributed by atoms with E-state index in [4.69, 9.17) is 0 Å². The molecule has 0 amide bonds. The molecule has 98 valence electrons. The van der Waals surface area contributed by atoms with Gasteiger partial charge in [-0.25, -0.2) is 0 Å². The van der Waals surface area contributed by atoms with Crippen LogP contribution < -0.4 is 0 Å². The lowest BCUT2D eigenvalue weighted by Gasteiger charge is -2.21. The zero-order valence-corrected chi connectivity index (χ0v) is 12.0. The van der Waals surface area contributed by atoms with Gasteiger partial charge in [0.05, 0.1) is 0 Å². The topological polar surface area (TPSA) is 6.48 Å². The Hall–Kier alpha value is -0.0800. The van der Waals surface area contributed by atoms with Crippen LogP contribution in [0.15, 0.2) is 0 Å². The van der Waals surface area contributed by atoms with Gasteiger partial charge < -0.3 is 9.80 Å². The Morgan fingerprint density at radius 1 is 0.625 bits per heavy atom. The third kappa shape index (κ3) is 9.17. The highest BCUT2D eigenvalue weighted by molar-refractivity contribution is 4.58. The second kappa shape index (κ2) is 11.4. The Kier molecular flexibility index (Phi) is 11.3. The third-order valence-electron chi connectivity index (χ3n) is 2.95. The van der Waals surface area contributed by atoms with Gasteiger partial charge in [-0.2, -0.15) is 0 Å². The maximum Gasteiger partial charge on any atom is -0.00183 e. The van der Waals surface area contributed by atoms with Crippen molar-refractivity contribution in [1.82, 2.24) is 9.80 Å². The van der Waals surface area contributed by atoms with E-state index in [0.717, 1.165) is 0 Å². The van der Waals surface area contributed by atoms with Crippen molar-refractivity contribution in [3.05, 3.63) is 0 Å². The zero-order valence-electron chi connectivity index (χ0n) is 12.0. The van der Waals surface area contributed by atoms with Gasteiger partial charge in [-0.15, -0.1) is 0 Å². The molecule has 0 saturated carbocycles. The largest absolute Gasteiger partial charge is 0.306 e. The van der Waals surface area contributed by atoms with Crippen LogP contribution >= 0.6 is 0 Å². The van der Waals surface area contributed by atoms with Crippen LogP contribution in [-0.4, -0.2) is 49.6 Å². The van der Waals surface area contributed by atoms with E-state index in [1.165, 1.54) is 64.8 Å². The van der Waals surface area contributed by atoms with Crippen LogP contribution in [0.4, 0.5) is 0 Å². The Morgan fingerprint density at radius 3 is 1.62 bits per heavy atom. The predicted molar refractivity (Wildman–Crippen MR) is 74.0 cm³/mol. The van der Waals surface area contributed by atoms with Crippen LogP contribution in [0.25, 0.3) is 0 Å². The van der Waals surface area contributed by atoms with Gasteiger partial charge in [-0.3, -0.25) is 0 Å². The lowest BCUT2D eigenvalue weighted by atomic mass is 10.2. The van der Waals surface area contributed by atoms with E-state index in [2.05, 4.69) is 37.6 Å². The molecule has 0 aliphatic rings. The molecule has 0 unspecified atom stereocenters. The summed E-state index contributed by atoms with van der Waals surface area (Å²) in [5, 5.41) is 0. The minimum absolute atomic E-state index is 1.24. The summed E-state index contributed by atoms with van der Waals surface area (Å²) in [5.41, 5.74) is 0. The fraction of sp³-hybridized carbons (Fsp3) is 1.00. The highest BCUT2D eigenvalue weighted by atomic mass is 15.1. The fourth-order valence-electron chi connectivity index (χ4n) is 2.18. The van der Waals surface area contributed by atoms with E-state index in [-0.39, 0.29) is 0 Å². The number of hydrogen-bond acceptors (Lipinski definition) is 2. The maximum atomic E-state index is 2.61. The molecule has 0 aliphatic carbocycles. The highest BCUT2D eigenvalue weighted by Gasteiger charge is 2.02.